The number of hydrogen-bond donors (Lipinski definition) is 1. The molecule has 0 aliphatic heterocycles. The van der Waals surface area contributed by atoms with Crippen molar-refractivity contribution in [2.24, 2.45) is 0 Å². The van der Waals surface area contributed by atoms with Crippen LogP contribution in [0.25, 0.3) is 0 Å². The first-order valence-electron chi connectivity index (χ1n) is 7.67. The predicted octanol–water partition coefficient (Wildman–Crippen LogP) is 4.25. The van der Waals surface area contributed by atoms with E-state index in [-0.39, 0.29) is 0 Å². The second-order valence-corrected chi connectivity index (χ2v) is 6.46. The zero-order valence-electron chi connectivity index (χ0n) is 13.2. The van der Waals surface area contributed by atoms with Gasteiger partial charge in [-0.25, -0.2) is 4.98 Å². The molecule has 0 saturated heterocycles. The molecule has 3 aromatic rings. The first-order valence-corrected chi connectivity index (χ1v) is 8.55. The van der Waals surface area contributed by atoms with Crippen molar-refractivity contribution < 1.29 is 4.74 Å². The average molecular weight is 324 g/mol. The molecule has 2 aromatic carbocycles. The number of aryl methyl sites for hydroxylation is 1. The van der Waals surface area contributed by atoms with Crippen LogP contribution in [0, 0.1) is 6.92 Å². The third-order valence-electron chi connectivity index (χ3n) is 3.59. The second kappa shape index (κ2) is 7.29. The number of benzene rings is 2. The highest BCUT2D eigenvalue weighted by Gasteiger charge is 2.05. The summed E-state index contributed by atoms with van der Waals surface area (Å²) in [6.07, 6.45) is 1.69. The molecular formula is C19H20N2OS. The van der Waals surface area contributed by atoms with Crippen molar-refractivity contribution in [3.05, 3.63) is 75.7 Å². The van der Waals surface area contributed by atoms with Gasteiger partial charge in [-0.3, -0.25) is 0 Å². The van der Waals surface area contributed by atoms with Gasteiger partial charge in [-0.1, -0.05) is 36.4 Å². The number of hydrogen-bond acceptors (Lipinski definition) is 4. The Morgan fingerprint density at radius 3 is 2.61 bits per heavy atom. The van der Waals surface area contributed by atoms with Crippen LogP contribution in [0.2, 0.25) is 0 Å². The van der Waals surface area contributed by atoms with Crippen molar-refractivity contribution >= 4 is 17.0 Å². The van der Waals surface area contributed by atoms with Gasteiger partial charge in [0.1, 0.15) is 5.75 Å². The molecule has 23 heavy (non-hydrogen) atoms. The third kappa shape index (κ3) is 4.33. The fourth-order valence-corrected chi connectivity index (χ4v) is 3.23. The summed E-state index contributed by atoms with van der Waals surface area (Å²) in [6, 6.07) is 16.3. The number of nitrogen functional groups attached to an aromatic ring is 1. The highest BCUT2D eigenvalue weighted by Crippen LogP contribution is 2.24. The average Bonchev–Trinajstić information content (AvgIpc) is 2.95. The highest BCUT2D eigenvalue weighted by molar-refractivity contribution is 7.09. The van der Waals surface area contributed by atoms with E-state index in [9.17, 15) is 0 Å². The zero-order valence-corrected chi connectivity index (χ0v) is 14.0. The van der Waals surface area contributed by atoms with Gasteiger partial charge in [-0.05, 0) is 30.2 Å². The van der Waals surface area contributed by atoms with Crippen LogP contribution >= 0.6 is 11.3 Å². The van der Waals surface area contributed by atoms with E-state index in [0.29, 0.717) is 12.3 Å². The van der Waals surface area contributed by atoms with Crippen LogP contribution in [0.3, 0.4) is 0 Å². The van der Waals surface area contributed by atoms with Crippen LogP contribution in [0.4, 0.5) is 5.69 Å². The van der Waals surface area contributed by atoms with Gasteiger partial charge in [-0.2, -0.15) is 0 Å². The monoisotopic (exact) mass is 324 g/mol. The maximum Gasteiger partial charge on any atom is 0.142 e. The first kappa shape index (κ1) is 15.6. The van der Waals surface area contributed by atoms with Crippen LogP contribution in [0.1, 0.15) is 21.8 Å². The van der Waals surface area contributed by atoms with Gasteiger partial charge in [0, 0.05) is 23.9 Å². The fourth-order valence-electron chi connectivity index (χ4n) is 2.42. The van der Waals surface area contributed by atoms with Crippen LogP contribution < -0.4 is 10.5 Å². The first-order chi connectivity index (χ1) is 11.2. The van der Waals surface area contributed by atoms with E-state index in [1.54, 1.807) is 11.3 Å². The molecular weight excluding hydrogens is 304 g/mol. The molecule has 0 amide bonds. The number of rotatable bonds is 6. The summed E-state index contributed by atoms with van der Waals surface area (Å²) in [5.41, 5.74) is 10.3. The van der Waals surface area contributed by atoms with E-state index in [4.69, 9.17) is 10.5 Å². The van der Waals surface area contributed by atoms with Gasteiger partial charge < -0.3 is 10.5 Å². The molecule has 3 nitrogen and oxygen atoms in total. The van der Waals surface area contributed by atoms with Crippen molar-refractivity contribution in [2.75, 3.05) is 12.3 Å². The summed E-state index contributed by atoms with van der Waals surface area (Å²) in [6.45, 7) is 2.64. The Balaban J connectivity index is 1.58. The second-order valence-electron chi connectivity index (χ2n) is 5.52. The maximum atomic E-state index is 6.12. The molecule has 0 saturated carbocycles. The van der Waals surface area contributed by atoms with Gasteiger partial charge in [0.05, 0.1) is 17.3 Å². The smallest absolute Gasteiger partial charge is 0.142 e. The Hall–Kier alpha value is -2.33. The molecule has 0 atom stereocenters. The molecule has 3 rings (SSSR count). The van der Waals surface area contributed by atoms with Crippen molar-refractivity contribution in [1.29, 1.82) is 0 Å². The molecule has 118 valence electrons. The van der Waals surface area contributed by atoms with E-state index in [0.717, 1.165) is 34.9 Å². The topological polar surface area (TPSA) is 48.1 Å². The fraction of sp³-hybridized carbons (Fsp3) is 0.211. The van der Waals surface area contributed by atoms with Gasteiger partial charge in [-0.15, -0.1) is 11.3 Å². The molecule has 0 radical (unpaired) electrons. The Morgan fingerprint density at radius 1 is 1.09 bits per heavy atom. The molecule has 0 spiro atoms. The number of aromatic nitrogens is 1. The van der Waals surface area contributed by atoms with Crippen molar-refractivity contribution in [2.45, 2.75) is 19.8 Å². The SMILES string of the molecule is Cc1csc(Cc2ccc(OCCc3ccccc3)c(N)c2)n1. The lowest BCUT2D eigenvalue weighted by molar-refractivity contribution is 0.323. The number of anilines is 1. The van der Waals surface area contributed by atoms with Crippen LogP contribution in [-0.2, 0) is 12.8 Å². The summed E-state index contributed by atoms with van der Waals surface area (Å²) in [7, 11) is 0. The zero-order chi connectivity index (χ0) is 16.1. The minimum atomic E-state index is 0.624. The number of nitrogens with two attached hydrogens (primary N) is 1. The van der Waals surface area contributed by atoms with Crippen LogP contribution in [-0.4, -0.2) is 11.6 Å². The summed E-state index contributed by atoms with van der Waals surface area (Å²) in [4.78, 5) is 4.49. The quantitative estimate of drug-likeness (QED) is 0.690. The van der Waals surface area contributed by atoms with E-state index in [2.05, 4.69) is 28.6 Å². The summed E-state index contributed by atoms with van der Waals surface area (Å²) < 4.78 is 5.81. The molecule has 0 fully saturated rings. The largest absolute Gasteiger partial charge is 0.491 e. The predicted molar refractivity (Wildman–Crippen MR) is 96.2 cm³/mol. The summed E-state index contributed by atoms with van der Waals surface area (Å²) >= 11 is 1.68. The van der Waals surface area contributed by atoms with Crippen molar-refractivity contribution in [3.8, 4) is 5.75 Å². The lowest BCUT2D eigenvalue weighted by Gasteiger charge is -2.10. The highest BCUT2D eigenvalue weighted by atomic mass is 32.1. The molecule has 0 bridgehead atoms. The van der Waals surface area contributed by atoms with Gasteiger partial charge in [0.25, 0.3) is 0 Å². The van der Waals surface area contributed by atoms with Gasteiger partial charge in [0.15, 0.2) is 0 Å². The normalized spacial score (nSPS) is 10.7. The van der Waals surface area contributed by atoms with Crippen LogP contribution in [0.15, 0.2) is 53.9 Å². The number of ether oxygens (including phenoxy) is 1. The molecule has 0 aliphatic carbocycles. The molecule has 1 aromatic heterocycles. The summed E-state index contributed by atoms with van der Waals surface area (Å²) in [5.74, 6) is 0.750. The number of thiazole rings is 1. The standard InChI is InChI=1S/C19H20N2OS/c1-14-13-23-19(21-14)12-16-7-8-18(17(20)11-16)22-10-9-15-5-3-2-4-6-15/h2-8,11,13H,9-10,12,20H2,1H3. The Labute approximate surface area is 140 Å². The van der Waals surface area contributed by atoms with Crippen molar-refractivity contribution in [1.82, 2.24) is 4.98 Å². The van der Waals surface area contributed by atoms with Gasteiger partial charge in [0.2, 0.25) is 0 Å². The molecule has 4 heteroatoms. The van der Waals surface area contributed by atoms with E-state index in [1.165, 1.54) is 5.56 Å². The molecule has 2 N–H and O–H groups in total. The Morgan fingerprint density at radius 2 is 1.91 bits per heavy atom. The lowest BCUT2D eigenvalue weighted by atomic mass is 10.1. The Kier molecular flexibility index (Phi) is 4.93. The summed E-state index contributed by atoms with van der Waals surface area (Å²) in [5, 5.41) is 3.18. The molecule has 0 aliphatic rings. The van der Waals surface area contributed by atoms with Gasteiger partial charge >= 0.3 is 0 Å². The minimum absolute atomic E-state index is 0.624. The van der Waals surface area contributed by atoms with E-state index >= 15 is 0 Å². The Bertz CT molecular complexity index is 768. The van der Waals surface area contributed by atoms with Crippen LogP contribution in [0.5, 0.6) is 5.75 Å². The van der Waals surface area contributed by atoms with E-state index < -0.39 is 0 Å². The maximum absolute atomic E-state index is 6.12. The van der Waals surface area contributed by atoms with Crippen molar-refractivity contribution in [3.63, 3.8) is 0 Å². The minimum Gasteiger partial charge on any atom is -0.491 e. The molecule has 0 unspecified atom stereocenters. The van der Waals surface area contributed by atoms with E-state index in [1.807, 2.05) is 37.3 Å². The number of nitrogens with zero attached hydrogens (tertiary/aromatic N) is 1. The third-order valence-corrected chi connectivity index (χ3v) is 4.55. The molecule has 1 heterocycles. The lowest BCUT2D eigenvalue weighted by Crippen LogP contribution is -2.04.